The van der Waals surface area contributed by atoms with Crippen LogP contribution in [0.4, 0.5) is 8.78 Å². The molecule has 0 amide bonds. The van der Waals surface area contributed by atoms with E-state index in [0.29, 0.717) is 15.8 Å². The summed E-state index contributed by atoms with van der Waals surface area (Å²) in [5.41, 5.74) is 0.700. The fourth-order valence-corrected chi connectivity index (χ4v) is 2.17. The molecule has 0 radical (unpaired) electrons. The lowest BCUT2D eigenvalue weighted by Gasteiger charge is -2.12. The van der Waals surface area contributed by atoms with Crippen molar-refractivity contribution < 1.29 is 18.6 Å². The molecule has 2 rings (SSSR count). The second-order valence-electron chi connectivity index (χ2n) is 3.89. The van der Waals surface area contributed by atoms with Crippen LogP contribution in [0, 0.1) is 11.6 Å². The quantitative estimate of drug-likeness (QED) is 0.925. The molecule has 0 fully saturated rings. The van der Waals surface area contributed by atoms with Gasteiger partial charge in [0, 0.05) is 11.1 Å². The molecule has 0 bridgehead atoms. The van der Waals surface area contributed by atoms with Crippen molar-refractivity contribution in [3.63, 3.8) is 0 Å². The number of rotatable bonds is 4. The SMILES string of the molecule is OCc1cccc(Br)c1OCc1cccc(F)c1F. The Labute approximate surface area is 117 Å². The largest absolute Gasteiger partial charge is 0.487 e. The lowest BCUT2D eigenvalue weighted by molar-refractivity contribution is 0.255. The highest BCUT2D eigenvalue weighted by molar-refractivity contribution is 9.10. The van der Waals surface area contributed by atoms with E-state index >= 15 is 0 Å². The van der Waals surface area contributed by atoms with Gasteiger partial charge in [0.25, 0.3) is 0 Å². The molecule has 0 spiro atoms. The normalized spacial score (nSPS) is 10.5. The minimum absolute atomic E-state index is 0.112. The van der Waals surface area contributed by atoms with E-state index in [-0.39, 0.29) is 18.8 Å². The first-order valence-corrected chi connectivity index (χ1v) is 6.36. The van der Waals surface area contributed by atoms with Crippen LogP contribution >= 0.6 is 15.9 Å². The summed E-state index contributed by atoms with van der Waals surface area (Å²) < 4.78 is 32.6. The predicted molar refractivity (Wildman–Crippen MR) is 70.8 cm³/mol. The Morgan fingerprint density at radius 2 is 1.74 bits per heavy atom. The van der Waals surface area contributed by atoms with E-state index in [9.17, 15) is 13.9 Å². The molecule has 0 unspecified atom stereocenters. The molecule has 1 N–H and O–H groups in total. The van der Waals surface area contributed by atoms with Crippen molar-refractivity contribution in [1.82, 2.24) is 0 Å². The monoisotopic (exact) mass is 328 g/mol. The Morgan fingerprint density at radius 3 is 2.47 bits per heavy atom. The highest BCUT2D eigenvalue weighted by atomic mass is 79.9. The number of hydrogen-bond acceptors (Lipinski definition) is 2. The lowest BCUT2D eigenvalue weighted by Crippen LogP contribution is -2.03. The van der Waals surface area contributed by atoms with Gasteiger partial charge in [-0.3, -0.25) is 0 Å². The summed E-state index contributed by atoms with van der Waals surface area (Å²) in [6.45, 7) is -0.306. The van der Waals surface area contributed by atoms with Gasteiger partial charge in [0.1, 0.15) is 12.4 Å². The second-order valence-corrected chi connectivity index (χ2v) is 4.74. The third-order valence-corrected chi connectivity index (χ3v) is 3.25. The Bertz CT molecular complexity index is 588. The molecular weight excluding hydrogens is 318 g/mol. The molecule has 0 saturated carbocycles. The number of hydrogen-bond donors (Lipinski definition) is 1. The van der Waals surface area contributed by atoms with Gasteiger partial charge in [-0.2, -0.15) is 0 Å². The van der Waals surface area contributed by atoms with E-state index in [4.69, 9.17) is 4.74 Å². The molecule has 100 valence electrons. The maximum absolute atomic E-state index is 13.5. The molecule has 0 aliphatic rings. The summed E-state index contributed by atoms with van der Waals surface area (Å²) >= 11 is 3.29. The van der Waals surface area contributed by atoms with Crippen molar-refractivity contribution in [3.8, 4) is 5.75 Å². The van der Waals surface area contributed by atoms with Crippen LogP contribution in [-0.2, 0) is 13.2 Å². The van der Waals surface area contributed by atoms with Gasteiger partial charge in [0.15, 0.2) is 11.6 Å². The maximum Gasteiger partial charge on any atom is 0.165 e. The van der Waals surface area contributed by atoms with Crippen molar-refractivity contribution in [3.05, 3.63) is 63.6 Å². The van der Waals surface area contributed by atoms with Gasteiger partial charge >= 0.3 is 0 Å². The first kappa shape index (κ1) is 14.0. The molecule has 0 aliphatic heterocycles. The van der Waals surface area contributed by atoms with Gasteiger partial charge in [0.05, 0.1) is 11.1 Å². The highest BCUT2D eigenvalue weighted by Gasteiger charge is 2.11. The van der Waals surface area contributed by atoms with Crippen LogP contribution in [-0.4, -0.2) is 5.11 Å². The minimum atomic E-state index is -0.917. The van der Waals surface area contributed by atoms with Gasteiger partial charge in [-0.25, -0.2) is 8.78 Å². The third-order valence-electron chi connectivity index (χ3n) is 2.62. The molecular formula is C14H11BrF2O2. The van der Waals surface area contributed by atoms with E-state index < -0.39 is 11.6 Å². The van der Waals surface area contributed by atoms with Crippen LogP contribution in [0.3, 0.4) is 0 Å². The van der Waals surface area contributed by atoms with Gasteiger partial charge in [0.2, 0.25) is 0 Å². The smallest absolute Gasteiger partial charge is 0.165 e. The van der Waals surface area contributed by atoms with Crippen LogP contribution in [0.1, 0.15) is 11.1 Å². The van der Waals surface area contributed by atoms with Crippen molar-refractivity contribution in [2.24, 2.45) is 0 Å². The summed E-state index contributed by atoms with van der Waals surface area (Å²) in [5, 5.41) is 9.20. The fraction of sp³-hybridized carbons (Fsp3) is 0.143. The van der Waals surface area contributed by atoms with Crippen LogP contribution < -0.4 is 4.74 Å². The van der Waals surface area contributed by atoms with E-state index in [1.54, 1.807) is 18.2 Å². The van der Waals surface area contributed by atoms with Crippen molar-refractivity contribution in [1.29, 1.82) is 0 Å². The minimum Gasteiger partial charge on any atom is -0.487 e. The Hall–Kier alpha value is -1.46. The molecule has 0 saturated heterocycles. The summed E-state index contributed by atoms with van der Waals surface area (Å²) in [6.07, 6.45) is 0. The Kier molecular flexibility index (Phi) is 4.50. The number of halogens is 3. The lowest BCUT2D eigenvalue weighted by atomic mass is 10.2. The van der Waals surface area contributed by atoms with Gasteiger partial charge < -0.3 is 9.84 Å². The average Bonchev–Trinajstić information content (AvgIpc) is 2.41. The molecule has 2 aromatic carbocycles. The average molecular weight is 329 g/mol. The maximum atomic E-state index is 13.5. The van der Waals surface area contributed by atoms with Crippen LogP contribution in [0.15, 0.2) is 40.9 Å². The third kappa shape index (κ3) is 3.11. The summed E-state index contributed by atoms with van der Waals surface area (Å²) in [4.78, 5) is 0. The first-order valence-electron chi connectivity index (χ1n) is 5.57. The van der Waals surface area contributed by atoms with E-state index in [0.717, 1.165) is 6.07 Å². The van der Waals surface area contributed by atoms with Crippen molar-refractivity contribution in [2.75, 3.05) is 0 Å². The molecule has 2 aromatic rings. The highest BCUT2D eigenvalue weighted by Crippen LogP contribution is 2.30. The van der Waals surface area contributed by atoms with Crippen LogP contribution in [0.2, 0.25) is 0 Å². The molecule has 19 heavy (non-hydrogen) atoms. The van der Waals surface area contributed by atoms with Crippen LogP contribution in [0.5, 0.6) is 5.75 Å². The zero-order chi connectivity index (χ0) is 13.8. The Balaban J connectivity index is 2.21. The summed E-state index contributed by atoms with van der Waals surface area (Å²) in [7, 11) is 0. The predicted octanol–water partition coefficient (Wildman–Crippen LogP) is 3.80. The van der Waals surface area contributed by atoms with Crippen molar-refractivity contribution in [2.45, 2.75) is 13.2 Å². The van der Waals surface area contributed by atoms with E-state index in [1.807, 2.05) is 0 Å². The first-order chi connectivity index (χ1) is 9.13. The van der Waals surface area contributed by atoms with Gasteiger partial charge in [-0.1, -0.05) is 24.3 Å². The van der Waals surface area contributed by atoms with Gasteiger partial charge in [-0.15, -0.1) is 0 Å². The zero-order valence-corrected chi connectivity index (χ0v) is 11.5. The van der Waals surface area contributed by atoms with E-state index in [2.05, 4.69) is 15.9 Å². The molecule has 0 heterocycles. The summed E-state index contributed by atoms with van der Waals surface area (Å²) in [6, 6.07) is 9.12. The van der Waals surface area contributed by atoms with E-state index in [1.165, 1.54) is 12.1 Å². The number of para-hydroxylation sites is 1. The van der Waals surface area contributed by atoms with Crippen molar-refractivity contribution >= 4 is 15.9 Å². The fourth-order valence-electron chi connectivity index (χ4n) is 1.65. The molecule has 0 atom stereocenters. The molecule has 0 aromatic heterocycles. The zero-order valence-electron chi connectivity index (χ0n) is 9.87. The Morgan fingerprint density at radius 1 is 1.05 bits per heavy atom. The number of aliphatic hydroxyl groups excluding tert-OH is 1. The van der Waals surface area contributed by atoms with Gasteiger partial charge in [-0.05, 0) is 28.1 Å². The molecule has 0 aliphatic carbocycles. The second kappa shape index (κ2) is 6.12. The standard InChI is InChI=1S/C14H11BrF2O2/c15-11-5-1-3-9(7-18)14(11)19-8-10-4-2-6-12(16)13(10)17/h1-6,18H,7-8H2. The number of ether oxygens (including phenoxy) is 1. The topological polar surface area (TPSA) is 29.5 Å². The summed E-state index contributed by atoms with van der Waals surface area (Å²) in [5.74, 6) is -1.40. The number of aliphatic hydroxyl groups is 1. The molecule has 5 heteroatoms. The number of benzene rings is 2. The van der Waals surface area contributed by atoms with Crippen LogP contribution in [0.25, 0.3) is 0 Å². The molecule has 2 nitrogen and oxygen atoms in total.